The molecule has 2 heterocycles. The Kier molecular flexibility index (Phi) is 4.97. The zero-order valence-electron chi connectivity index (χ0n) is 12.7. The molecular weight excluding hydrogens is 314 g/mol. The van der Waals surface area contributed by atoms with Crippen LogP contribution in [0.4, 0.5) is 10.5 Å². The van der Waals surface area contributed by atoms with Crippen LogP contribution in [-0.2, 0) is 16.1 Å². The Bertz CT molecular complexity index is 596. The fourth-order valence-corrected chi connectivity index (χ4v) is 3.44. The van der Waals surface area contributed by atoms with Crippen molar-refractivity contribution >= 4 is 34.5 Å². The molecule has 1 unspecified atom stereocenters. The van der Waals surface area contributed by atoms with E-state index >= 15 is 0 Å². The Morgan fingerprint density at radius 3 is 2.65 bits per heavy atom. The maximum Gasteiger partial charge on any atom is 0.289 e. The first-order valence-corrected chi connectivity index (χ1v) is 8.72. The molecule has 3 rings (SSSR count). The molecule has 2 aliphatic rings. The Morgan fingerprint density at radius 2 is 2.04 bits per heavy atom. The van der Waals surface area contributed by atoms with Gasteiger partial charge in [0.1, 0.15) is 0 Å². The molecule has 0 aliphatic carbocycles. The topological polar surface area (TPSA) is 78.5 Å². The molecule has 1 aromatic carbocycles. The first-order valence-electron chi connectivity index (χ1n) is 7.74. The van der Waals surface area contributed by atoms with Gasteiger partial charge in [-0.3, -0.25) is 19.3 Å². The van der Waals surface area contributed by atoms with E-state index in [0.29, 0.717) is 0 Å². The van der Waals surface area contributed by atoms with Gasteiger partial charge in [0.25, 0.3) is 5.24 Å². The van der Waals surface area contributed by atoms with Gasteiger partial charge in [-0.25, -0.2) is 0 Å². The van der Waals surface area contributed by atoms with Gasteiger partial charge in [0.05, 0.1) is 18.3 Å². The summed E-state index contributed by atoms with van der Waals surface area (Å²) in [6, 6.07) is 7.13. The molecule has 6 nitrogen and oxygen atoms in total. The van der Waals surface area contributed by atoms with Gasteiger partial charge in [-0.1, -0.05) is 30.3 Å². The Labute approximate surface area is 139 Å². The number of nitrogens with zero attached hydrogens (tertiary/aromatic N) is 1. The number of hydrogen-bond donors (Lipinski definition) is 2. The number of nitrogens with one attached hydrogen (secondary N) is 2. The van der Waals surface area contributed by atoms with E-state index in [1.54, 1.807) is 12.1 Å². The fourth-order valence-electron chi connectivity index (χ4n) is 2.71. The molecule has 0 radical (unpaired) electrons. The van der Waals surface area contributed by atoms with Crippen molar-refractivity contribution in [1.82, 2.24) is 10.2 Å². The van der Waals surface area contributed by atoms with Crippen molar-refractivity contribution in [2.75, 3.05) is 17.6 Å². The molecule has 0 aromatic heterocycles. The summed E-state index contributed by atoms with van der Waals surface area (Å²) in [5, 5.41) is 5.91. The van der Waals surface area contributed by atoms with E-state index in [4.69, 9.17) is 0 Å². The summed E-state index contributed by atoms with van der Waals surface area (Å²) in [4.78, 5) is 36.6. The van der Waals surface area contributed by atoms with Crippen molar-refractivity contribution in [3.8, 4) is 0 Å². The Hall–Kier alpha value is -1.86. The second-order valence-corrected chi connectivity index (χ2v) is 6.65. The molecule has 1 atom stereocenters. The summed E-state index contributed by atoms with van der Waals surface area (Å²) < 4.78 is 0. The number of imide groups is 1. The van der Waals surface area contributed by atoms with Gasteiger partial charge in [-0.15, -0.1) is 0 Å². The van der Waals surface area contributed by atoms with Crippen molar-refractivity contribution in [3.63, 3.8) is 0 Å². The number of carbonyl (C=O) groups excluding carboxylic acids is 3. The molecule has 7 heteroatoms. The third-order valence-electron chi connectivity index (χ3n) is 4.03. The minimum atomic E-state index is -0.198. The van der Waals surface area contributed by atoms with E-state index in [2.05, 4.69) is 10.6 Å². The number of hydrogen-bond acceptors (Lipinski definition) is 5. The van der Waals surface area contributed by atoms with Crippen molar-refractivity contribution in [3.05, 3.63) is 29.8 Å². The normalized spacial score (nSPS) is 21.6. The lowest BCUT2D eigenvalue weighted by molar-refractivity contribution is -0.125. The van der Waals surface area contributed by atoms with Crippen molar-refractivity contribution < 1.29 is 14.4 Å². The molecule has 1 aromatic rings. The number of thioether (sulfide) groups is 1. The van der Waals surface area contributed by atoms with Crippen molar-refractivity contribution in [2.45, 2.75) is 31.8 Å². The fraction of sp³-hybridized carbons (Fsp3) is 0.438. The second-order valence-electron chi connectivity index (χ2n) is 5.72. The molecule has 2 saturated heterocycles. The SMILES string of the molecule is O=C(Nc1ccc(CN2C(=O)CSC2=O)cc1)C1CCCCN1. The molecule has 0 bridgehead atoms. The van der Waals surface area contributed by atoms with Gasteiger partial charge in [0.2, 0.25) is 11.8 Å². The molecule has 0 spiro atoms. The highest BCUT2D eigenvalue weighted by atomic mass is 32.2. The van der Waals surface area contributed by atoms with Crippen LogP contribution < -0.4 is 10.6 Å². The van der Waals surface area contributed by atoms with Gasteiger partial charge in [0.15, 0.2) is 0 Å². The molecule has 2 N–H and O–H groups in total. The molecule has 122 valence electrons. The molecular formula is C16H19N3O3S. The molecule has 0 saturated carbocycles. The minimum Gasteiger partial charge on any atom is -0.325 e. The Morgan fingerprint density at radius 1 is 1.26 bits per heavy atom. The molecule has 2 fully saturated rings. The summed E-state index contributed by atoms with van der Waals surface area (Å²) >= 11 is 1.03. The van der Waals surface area contributed by atoms with Crippen LogP contribution in [-0.4, -0.2) is 40.3 Å². The second kappa shape index (κ2) is 7.14. The lowest BCUT2D eigenvalue weighted by Crippen LogP contribution is -2.43. The number of piperidine rings is 1. The monoisotopic (exact) mass is 333 g/mol. The largest absolute Gasteiger partial charge is 0.325 e. The highest BCUT2D eigenvalue weighted by Gasteiger charge is 2.29. The summed E-state index contributed by atoms with van der Waals surface area (Å²) in [5.41, 5.74) is 1.59. The third-order valence-corrected chi connectivity index (χ3v) is 4.89. The lowest BCUT2D eigenvalue weighted by Gasteiger charge is -2.22. The van der Waals surface area contributed by atoms with Crippen LogP contribution in [0.1, 0.15) is 24.8 Å². The quantitative estimate of drug-likeness (QED) is 0.881. The first-order chi connectivity index (χ1) is 11.1. The summed E-state index contributed by atoms with van der Waals surface area (Å²) in [6.07, 6.45) is 3.05. The zero-order valence-corrected chi connectivity index (χ0v) is 13.5. The van der Waals surface area contributed by atoms with Crippen LogP contribution in [0.2, 0.25) is 0 Å². The highest BCUT2D eigenvalue weighted by molar-refractivity contribution is 8.14. The van der Waals surface area contributed by atoms with Crippen LogP contribution in [0.5, 0.6) is 0 Å². The molecule has 2 aliphatic heterocycles. The summed E-state index contributed by atoms with van der Waals surface area (Å²) in [5.74, 6) is 0.0564. The average molecular weight is 333 g/mol. The van der Waals surface area contributed by atoms with Gasteiger partial charge in [-0.05, 0) is 37.1 Å². The predicted molar refractivity (Wildman–Crippen MR) is 89.1 cm³/mol. The average Bonchev–Trinajstić information content (AvgIpc) is 2.89. The van der Waals surface area contributed by atoms with Gasteiger partial charge in [0, 0.05) is 5.69 Å². The van der Waals surface area contributed by atoms with E-state index < -0.39 is 0 Å². The number of carbonyl (C=O) groups is 3. The summed E-state index contributed by atoms with van der Waals surface area (Å²) in [6.45, 7) is 1.16. The molecule has 3 amide bonds. The maximum absolute atomic E-state index is 12.1. The van der Waals surface area contributed by atoms with Gasteiger partial charge < -0.3 is 10.6 Å². The number of rotatable bonds is 4. The molecule has 23 heavy (non-hydrogen) atoms. The maximum atomic E-state index is 12.1. The smallest absolute Gasteiger partial charge is 0.289 e. The van der Waals surface area contributed by atoms with Gasteiger partial charge >= 0.3 is 0 Å². The van der Waals surface area contributed by atoms with Crippen LogP contribution in [0.15, 0.2) is 24.3 Å². The zero-order chi connectivity index (χ0) is 16.2. The van der Waals surface area contributed by atoms with E-state index in [1.807, 2.05) is 12.1 Å². The highest BCUT2D eigenvalue weighted by Crippen LogP contribution is 2.22. The van der Waals surface area contributed by atoms with E-state index in [-0.39, 0.29) is 35.4 Å². The summed E-state index contributed by atoms with van der Waals surface area (Å²) in [7, 11) is 0. The predicted octanol–water partition coefficient (Wildman–Crippen LogP) is 1.96. The van der Waals surface area contributed by atoms with Crippen LogP contribution >= 0.6 is 11.8 Å². The lowest BCUT2D eigenvalue weighted by atomic mass is 10.0. The van der Waals surface area contributed by atoms with Crippen LogP contribution in [0.3, 0.4) is 0 Å². The number of amides is 3. The van der Waals surface area contributed by atoms with Crippen LogP contribution in [0, 0.1) is 0 Å². The standard InChI is InChI=1S/C16H19N3O3S/c20-14-10-23-16(22)19(14)9-11-4-6-12(7-5-11)18-15(21)13-3-1-2-8-17-13/h4-7,13,17H,1-3,8-10H2,(H,18,21). The number of anilines is 1. The van der Waals surface area contributed by atoms with Gasteiger partial charge in [-0.2, -0.15) is 0 Å². The Balaban J connectivity index is 1.57. The van der Waals surface area contributed by atoms with E-state index in [1.165, 1.54) is 4.90 Å². The first kappa shape index (κ1) is 16.0. The number of benzene rings is 1. The van der Waals surface area contributed by atoms with Crippen molar-refractivity contribution in [2.24, 2.45) is 0 Å². The van der Waals surface area contributed by atoms with E-state index in [9.17, 15) is 14.4 Å². The third kappa shape index (κ3) is 3.92. The minimum absolute atomic E-state index is 0.0150. The van der Waals surface area contributed by atoms with Crippen LogP contribution in [0.25, 0.3) is 0 Å². The van der Waals surface area contributed by atoms with E-state index in [0.717, 1.165) is 48.8 Å². The van der Waals surface area contributed by atoms with Crippen molar-refractivity contribution in [1.29, 1.82) is 0 Å².